The van der Waals surface area contributed by atoms with Crippen molar-refractivity contribution in [1.82, 2.24) is 0 Å². The van der Waals surface area contributed by atoms with E-state index in [9.17, 15) is 0 Å². The Balaban J connectivity index is 2.65. The second-order valence-electron chi connectivity index (χ2n) is 2.81. The third-order valence-electron chi connectivity index (χ3n) is 1.82. The fraction of sp³-hybridized carbons (Fsp3) is 0.455. The molecule has 0 aliphatic rings. The first-order valence-electron chi connectivity index (χ1n) is 4.49. The summed E-state index contributed by atoms with van der Waals surface area (Å²) < 4.78 is 0. The van der Waals surface area contributed by atoms with Gasteiger partial charge >= 0.3 is 0 Å². The Morgan fingerprint density at radius 3 is 3.08 bits per heavy atom. The van der Waals surface area contributed by atoms with Crippen LogP contribution in [0.25, 0.3) is 0 Å². The van der Waals surface area contributed by atoms with Crippen LogP contribution in [0.5, 0.6) is 0 Å². The Labute approximate surface area is 92.5 Å². The van der Waals surface area contributed by atoms with Gasteiger partial charge in [0.2, 0.25) is 0 Å². The van der Waals surface area contributed by atoms with Crippen molar-refractivity contribution >= 4 is 27.3 Å². The molecule has 0 atom stereocenters. The van der Waals surface area contributed by atoms with Crippen molar-refractivity contribution in [3.8, 4) is 11.8 Å². The first kappa shape index (κ1) is 10.8. The highest BCUT2D eigenvalue weighted by Crippen LogP contribution is 2.17. The molecule has 0 fully saturated rings. The average molecular weight is 257 g/mol. The van der Waals surface area contributed by atoms with Crippen LogP contribution in [0.1, 0.15) is 30.2 Å². The topological polar surface area (TPSA) is 0 Å². The monoisotopic (exact) mass is 256 g/mol. The molecule has 0 saturated carbocycles. The molecule has 13 heavy (non-hydrogen) atoms. The zero-order valence-electron chi connectivity index (χ0n) is 7.77. The number of aryl methyl sites for hydroxylation is 1. The molecule has 2 heteroatoms. The molecule has 1 heterocycles. The van der Waals surface area contributed by atoms with Crippen LogP contribution < -0.4 is 0 Å². The van der Waals surface area contributed by atoms with Crippen LogP contribution in [0.4, 0.5) is 0 Å². The molecule has 1 rings (SSSR count). The maximum atomic E-state index is 3.30. The molecular weight excluding hydrogens is 244 g/mol. The van der Waals surface area contributed by atoms with Crippen LogP contribution >= 0.6 is 27.3 Å². The second-order valence-corrected chi connectivity index (χ2v) is 4.29. The minimum absolute atomic E-state index is 0.762. The Bertz CT molecular complexity index is 303. The van der Waals surface area contributed by atoms with E-state index >= 15 is 0 Å². The van der Waals surface area contributed by atoms with Crippen molar-refractivity contribution in [2.24, 2.45) is 0 Å². The van der Waals surface area contributed by atoms with Gasteiger partial charge < -0.3 is 0 Å². The number of hydrogen-bond donors (Lipinski definition) is 0. The van der Waals surface area contributed by atoms with Crippen molar-refractivity contribution in [3.05, 3.63) is 21.9 Å². The maximum absolute atomic E-state index is 3.30. The molecule has 0 bridgehead atoms. The summed E-state index contributed by atoms with van der Waals surface area (Å²) in [7, 11) is 0. The first-order valence-corrected chi connectivity index (χ1v) is 6.49. The molecular formula is C11H13BrS. The lowest BCUT2D eigenvalue weighted by molar-refractivity contribution is 0.796. The predicted octanol–water partition coefficient (Wildman–Crippen LogP) is 3.84. The van der Waals surface area contributed by atoms with Gasteiger partial charge in [-0.3, -0.25) is 0 Å². The zero-order chi connectivity index (χ0) is 9.52. The van der Waals surface area contributed by atoms with Crippen LogP contribution in [0.2, 0.25) is 0 Å². The standard InChI is InChI=1S/C11H13BrS/c1-2-3-5-10-7-9-13-11(10)6-4-8-12/h7,9H,2-3,5,8H2,1H3. The van der Waals surface area contributed by atoms with E-state index < -0.39 is 0 Å². The second kappa shape index (κ2) is 6.23. The molecule has 0 N–H and O–H groups in total. The van der Waals surface area contributed by atoms with Gasteiger partial charge in [-0.25, -0.2) is 0 Å². The quantitative estimate of drug-likeness (QED) is 0.570. The van der Waals surface area contributed by atoms with Gasteiger partial charge in [0.05, 0.1) is 10.2 Å². The fourth-order valence-corrected chi connectivity index (χ4v) is 2.08. The van der Waals surface area contributed by atoms with Crippen LogP contribution in [0.3, 0.4) is 0 Å². The Kier molecular flexibility index (Phi) is 5.19. The third kappa shape index (κ3) is 3.54. The van der Waals surface area contributed by atoms with Gasteiger partial charge in [-0.2, -0.15) is 0 Å². The number of halogens is 1. The van der Waals surface area contributed by atoms with E-state index in [0.717, 1.165) is 5.33 Å². The molecule has 0 aliphatic carbocycles. The van der Waals surface area contributed by atoms with Crippen LogP contribution in [-0.2, 0) is 6.42 Å². The van der Waals surface area contributed by atoms with E-state index in [-0.39, 0.29) is 0 Å². The average Bonchev–Trinajstić information content (AvgIpc) is 2.59. The third-order valence-corrected chi connectivity index (χ3v) is 2.97. The molecule has 70 valence electrons. The molecule has 0 spiro atoms. The van der Waals surface area contributed by atoms with Gasteiger partial charge in [0.1, 0.15) is 0 Å². The van der Waals surface area contributed by atoms with E-state index in [1.165, 1.54) is 29.7 Å². The Morgan fingerprint density at radius 1 is 1.54 bits per heavy atom. The van der Waals surface area contributed by atoms with Gasteiger partial charge in [-0.05, 0) is 29.9 Å². The van der Waals surface area contributed by atoms with Gasteiger partial charge in [-0.1, -0.05) is 41.1 Å². The van der Waals surface area contributed by atoms with Crippen molar-refractivity contribution in [1.29, 1.82) is 0 Å². The van der Waals surface area contributed by atoms with Gasteiger partial charge in [0, 0.05) is 0 Å². The summed E-state index contributed by atoms with van der Waals surface area (Å²) in [5.41, 5.74) is 1.42. The van der Waals surface area contributed by atoms with Gasteiger partial charge in [0.25, 0.3) is 0 Å². The maximum Gasteiger partial charge on any atom is 0.0800 e. The summed E-state index contributed by atoms with van der Waals surface area (Å²) in [4.78, 5) is 1.24. The largest absolute Gasteiger partial charge is 0.135 e. The molecule has 0 nitrogen and oxygen atoms in total. The fourth-order valence-electron chi connectivity index (χ4n) is 1.12. The van der Waals surface area contributed by atoms with Crippen molar-refractivity contribution in [2.45, 2.75) is 26.2 Å². The Morgan fingerprint density at radius 2 is 2.38 bits per heavy atom. The minimum atomic E-state index is 0.762. The first-order chi connectivity index (χ1) is 6.38. The highest BCUT2D eigenvalue weighted by molar-refractivity contribution is 9.09. The molecule has 0 saturated heterocycles. The lowest BCUT2D eigenvalue weighted by Gasteiger charge is -1.95. The van der Waals surface area contributed by atoms with Crippen LogP contribution in [0, 0.1) is 11.8 Å². The van der Waals surface area contributed by atoms with E-state index in [4.69, 9.17) is 0 Å². The molecule has 0 radical (unpaired) electrons. The molecule has 0 amide bonds. The van der Waals surface area contributed by atoms with E-state index in [1.54, 1.807) is 11.3 Å². The molecule has 0 unspecified atom stereocenters. The van der Waals surface area contributed by atoms with E-state index in [2.05, 4.69) is 46.1 Å². The summed E-state index contributed by atoms with van der Waals surface area (Å²) >= 11 is 5.05. The summed E-state index contributed by atoms with van der Waals surface area (Å²) in [6.07, 6.45) is 3.69. The van der Waals surface area contributed by atoms with E-state index in [0.29, 0.717) is 0 Å². The number of alkyl halides is 1. The summed E-state index contributed by atoms with van der Waals surface area (Å²) in [6, 6.07) is 2.19. The van der Waals surface area contributed by atoms with Crippen molar-refractivity contribution in [2.75, 3.05) is 5.33 Å². The minimum Gasteiger partial charge on any atom is -0.135 e. The number of rotatable bonds is 3. The predicted molar refractivity (Wildman–Crippen MR) is 63.6 cm³/mol. The molecule has 0 aromatic carbocycles. The smallest absolute Gasteiger partial charge is 0.0800 e. The SMILES string of the molecule is CCCCc1ccsc1C#CCBr. The highest BCUT2D eigenvalue weighted by Gasteiger charge is 1.99. The zero-order valence-corrected chi connectivity index (χ0v) is 10.2. The Hall–Kier alpha value is -0.260. The summed E-state index contributed by atoms with van der Waals surface area (Å²) in [5, 5.41) is 2.89. The molecule has 1 aromatic heterocycles. The summed E-state index contributed by atoms with van der Waals surface area (Å²) in [5.74, 6) is 6.22. The van der Waals surface area contributed by atoms with Crippen LogP contribution in [0.15, 0.2) is 11.4 Å². The van der Waals surface area contributed by atoms with Crippen LogP contribution in [-0.4, -0.2) is 5.33 Å². The lowest BCUT2D eigenvalue weighted by Crippen LogP contribution is -1.83. The number of thiophene rings is 1. The van der Waals surface area contributed by atoms with Gasteiger partial charge in [0.15, 0.2) is 0 Å². The number of hydrogen-bond acceptors (Lipinski definition) is 1. The van der Waals surface area contributed by atoms with Gasteiger partial charge in [-0.15, -0.1) is 11.3 Å². The molecule has 0 aliphatic heterocycles. The molecule has 1 aromatic rings. The summed E-state index contributed by atoms with van der Waals surface area (Å²) in [6.45, 7) is 2.22. The lowest BCUT2D eigenvalue weighted by atomic mass is 10.1. The normalized spacial score (nSPS) is 9.38. The number of unbranched alkanes of at least 4 members (excludes halogenated alkanes) is 1. The van der Waals surface area contributed by atoms with Crippen molar-refractivity contribution < 1.29 is 0 Å². The van der Waals surface area contributed by atoms with E-state index in [1.807, 2.05) is 0 Å². The highest BCUT2D eigenvalue weighted by atomic mass is 79.9. The van der Waals surface area contributed by atoms with Crippen molar-refractivity contribution in [3.63, 3.8) is 0 Å².